The molecule has 6 aromatic rings. The number of carbonyl (C=O) groups is 5. The second-order valence-corrected chi connectivity index (χ2v) is 15.2. The number of fused-ring (bicyclic) bond motifs is 2. The van der Waals surface area contributed by atoms with Crippen molar-refractivity contribution in [3.63, 3.8) is 0 Å². The molecule has 0 spiro atoms. The lowest BCUT2D eigenvalue weighted by Crippen LogP contribution is -2.32. The summed E-state index contributed by atoms with van der Waals surface area (Å²) in [5, 5.41) is 1.47. The molecule has 0 radical (unpaired) electrons. The van der Waals surface area contributed by atoms with Gasteiger partial charge in [0.1, 0.15) is 25.0 Å². The van der Waals surface area contributed by atoms with Gasteiger partial charge in [-0.15, -0.1) is 0 Å². The number of ether oxygens (including phenoxy) is 3. The smallest absolute Gasteiger partial charge is 0.338 e. The van der Waals surface area contributed by atoms with Crippen LogP contribution in [-0.4, -0.2) is 69.1 Å². The highest BCUT2D eigenvalue weighted by Gasteiger charge is 2.43. The number of benzene rings is 4. The molecule has 0 saturated carbocycles. The zero-order valence-corrected chi connectivity index (χ0v) is 33.2. The van der Waals surface area contributed by atoms with Gasteiger partial charge in [-0.1, -0.05) is 71.8 Å². The molecule has 12 heteroatoms. The molecule has 0 aliphatic carbocycles. The molecule has 2 aliphatic rings. The van der Waals surface area contributed by atoms with Gasteiger partial charge in [0.05, 0.1) is 38.9 Å². The first-order valence-corrected chi connectivity index (χ1v) is 19.3. The summed E-state index contributed by atoms with van der Waals surface area (Å²) in [4.78, 5) is 67.9. The first-order valence-electron chi connectivity index (χ1n) is 18.5. The summed E-state index contributed by atoms with van der Waals surface area (Å²) in [6.45, 7) is 6.49. The van der Waals surface area contributed by atoms with Crippen LogP contribution in [0.4, 0.5) is 0 Å². The zero-order chi connectivity index (χ0) is 40.1. The minimum atomic E-state index is -0.843. The molecule has 8 rings (SSSR count). The number of aromatic nitrogens is 2. The Labute approximate surface area is 336 Å². The summed E-state index contributed by atoms with van der Waals surface area (Å²) in [6, 6.07) is 29.0. The number of rotatable bonds is 8. The molecule has 11 nitrogen and oxygen atoms in total. The van der Waals surface area contributed by atoms with E-state index in [4.69, 9.17) is 14.2 Å². The van der Waals surface area contributed by atoms with E-state index >= 15 is 0 Å². The third kappa shape index (κ3) is 6.89. The predicted octanol–water partition coefficient (Wildman–Crippen LogP) is 8.31. The molecule has 4 heterocycles. The molecule has 2 aromatic heterocycles. The summed E-state index contributed by atoms with van der Waals surface area (Å²) in [7, 11) is 0. The van der Waals surface area contributed by atoms with Gasteiger partial charge in [-0.05, 0) is 71.7 Å². The quantitative estimate of drug-likeness (QED) is 0.140. The van der Waals surface area contributed by atoms with Crippen molar-refractivity contribution in [3.8, 4) is 0 Å². The first-order chi connectivity index (χ1) is 27.4. The minimum absolute atomic E-state index is 0.00669. The summed E-state index contributed by atoms with van der Waals surface area (Å²) in [6.07, 6.45) is -0.501. The zero-order valence-electron chi connectivity index (χ0n) is 31.7. The Balaban J connectivity index is 1.22. The Morgan fingerprint density at radius 1 is 0.772 bits per heavy atom. The van der Waals surface area contributed by atoms with Gasteiger partial charge in [-0.3, -0.25) is 23.9 Å². The van der Waals surface area contributed by atoms with Gasteiger partial charge in [0.2, 0.25) is 11.8 Å². The van der Waals surface area contributed by atoms with E-state index in [-0.39, 0.29) is 25.5 Å². The number of hydrogen-bond donors (Lipinski definition) is 0. The number of para-hydroxylation sites is 2. The molecule has 0 unspecified atom stereocenters. The highest BCUT2D eigenvalue weighted by Crippen LogP contribution is 2.47. The Bertz CT molecular complexity index is 2650. The summed E-state index contributed by atoms with van der Waals surface area (Å²) >= 11 is 3.85. The van der Waals surface area contributed by atoms with Crippen LogP contribution in [0.3, 0.4) is 0 Å². The molecule has 1 saturated heterocycles. The Hall–Kier alpha value is -6.11. The number of hydrogen-bond acceptors (Lipinski definition) is 8. The summed E-state index contributed by atoms with van der Waals surface area (Å²) in [5.41, 5.74) is 6.23. The highest BCUT2D eigenvalue weighted by atomic mass is 79.9. The van der Waals surface area contributed by atoms with Gasteiger partial charge >= 0.3 is 11.9 Å². The van der Waals surface area contributed by atoms with Crippen molar-refractivity contribution in [1.82, 2.24) is 14.0 Å². The standard InChI is InChI=1S/C45H38BrN3O8/c1-25-13-17-29(18-14-25)44(53)55-24-38-37(57-45(54)30-19-15-26(2)16-20-30)21-39(56-38)49-36-12-8-6-10-32(36)40(42(49)46)41-34(23-48(28(4)51)43(41)52)33-22-47(27(3)50)35-11-7-5-9-31(33)35/h5-20,22,37-39H,21,23-24H2,1-4H3/t37-,38+,39+/m0/s1. The Morgan fingerprint density at radius 3 is 2.00 bits per heavy atom. The fourth-order valence-corrected chi connectivity index (χ4v) is 8.53. The van der Waals surface area contributed by atoms with E-state index in [1.807, 2.05) is 91.2 Å². The third-order valence-corrected chi connectivity index (χ3v) is 11.4. The van der Waals surface area contributed by atoms with Crippen LogP contribution < -0.4 is 0 Å². The Kier molecular flexibility index (Phi) is 10.0. The van der Waals surface area contributed by atoms with E-state index in [1.54, 1.807) is 35.0 Å². The maximum atomic E-state index is 14.4. The molecular formula is C45H38BrN3O8. The normalized spacial score (nSPS) is 18.2. The molecule has 288 valence electrons. The number of amides is 2. The number of aryl methyl sites for hydroxylation is 2. The maximum absolute atomic E-state index is 14.4. The number of halogens is 1. The molecular weight excluding hydrogens is 790 g/mol. The van der Waals surface area contributed by atoms with Crippen molar-refractivity contribution in [2.45, 2.75) is 52.6 Å². The monoisotopic (exact) mass is 827 g/mol. The van der Waals surface area contributed by atoms with Gasteiger partial charge in [0.25, 0.3) is 5.91 Å². The summed E-state index contributed by atoms with van der Waals surface area (Å²) in [5.74, 6) is -2.17. The van der Waals surface area contributed by atoms with E-state index in [2.05, 4.69) is 15.9 Å². The van der Waals surface area contributed by atoms with E-state index in [1.165, 1.54) is 18.7 Å². The fourth-order valence-electron chi connectivity index (χ4n) is 7.70. The van der Waals surface area contributed by atoms with Crippen molar-refractivity contribution >= 4 is 78.5 Å². The van der Waals surface area contributed by atoms with Crippen LogP contribution in [0.5, 0.6) is 0 Å². The third-order valence-electron chi connectivity index (χ3n) is 10.6. The van der Waals surface area contributed by atoms with E-state index in [9.17, 15) is 24.0 Å². The lowest BCUT2D eigenvalue weighted by Gasteiger charge is -2.19. The van der Waals surface area contributed by atoms with Crippen molar-refractivity contribution < 1.29 is 38.2 Å². The summed E-state index contributed by atoms with van der Waals surface area (Å²) < 4.78 is 22.4. The fraction of sp³-hybridized carbons (Fsp3) is 0.222. The molecule has 57 heavy (non-hydrogen) atoms. The van der Waals surface area contributed by atoms with Crippen LogP contribution in [0.2, 0.25) is 0 Å². The lowest BCUT2D eigenvalue weighted by molar-refractivity contribution is -0.138. The largest absolute Gasteiger partial charge is 0.459 e. The number of nitrogens with zero attached hydrogens (tertiary/aromatic N) is 3. The van der Waals surface area contributed by atoms with E-state index < -0.39 is 42.2 Å². The second kappa shape index (κ2) is 15.1. The molecule has 2 aliphatic heterocycles. The average molecular weight is 829 g/mol. The van der Waals surface area contributed by atoms with Gasteiger partial charge in [0, 0.05) is 48.4 Å². The number of imide groups is 1. The van der Waals surface area contributed by atoms with Crippen molar-refractivity contribution in [2.24, 2.45) is 0 Å². The van der Waals surface area contributed by atoms with Crippen molar-refractivity contribution in [1.29, 1.82) is 0 Å². The van der Waals surface area contributed by atoms with Gasteiger partial charge in [-0.25, -0.2) is 9.59 Å². The Morgan fingerprint density at radius 2 is 1.37 bits per heavy atom. The predicted molar refractivity (Wildman–Crippen MR) is 217 cm³/mol. The second-order valence-electron chi connectivity index (χ2n) is 14.4. The van der Waals surface area contributed by atoms with Crippen LogP contribution in [0.25, 0.3) is 33.0 Å². The van der Waals surface area contributed by atoms with Gasteiger partial charge < -0.3 is 18.8 Å². The van der Waals surface area contributed by atoms with Crippen molar-refractivity contribution in [2.75, 3.05) is 13.2 Å². The maximum Gasteiger partial charge on any atom is 0.338 e. The van der Waals surface area contributed by atoms with Crippen LogP contribution in [0, 0.1) is 13.8 Å². The SMILES string of the molecule is CC(=O)N1CC(c2cn(C(C)=O)c3ccccc23)=C(c2c(Br)n([C@H]3C[C@H](OC(=O)c4ccc(C)cc4)[C@@H](COC(=O)c4ccc(C)cc4)O3)c3ccccc23)C1=O. The molecule has 1 fully saturated rings. The van der Waals surface area contributed by atoms with Crippen LogP contribution in [0.15, 0.2) is 108 Å². The molecule has 4 aromatic carbocycles. The average Bonchev–Trinajstić information content (AvgIpc) is 3.94. The van der Waals surface area contributed by atoms with Crippen molar-refractivity contribution in [3.05, 3.63) is 141 Å². The van der Waals surface area contributed by atoms with Crippen LogP contribution in [-0.2, 0) is 23.8 Å². The lowest BCUT2D eigenvalue weighted by atomic mass is 9.96. The number of carbonyl (C=O) groups excluding carboxylic acids is 5. The van der Waals surface area contributed by atoms with Gasteiger partial charge in [0.15, 0.2) is 0 Å². The highest BCUT2D eigenvalue weighted by molar-refractivity contribution is 9.10. The first kappa shape index (κ1) is 37.8. The molecule has 0 N–H and O–H groups in total. The topological polar surface area (TPSA) is 126 Å². The molecule has 2 amide bonds. The number of esters is 2. The van der Waals surface area contributed by atoms with Crippen LogP contribution in [0.1, 0.15) is 74.3 Å². The van der Waals surface area contributed by atoms with E-state index in [0.29, 0.717) is 54.4 Å². The van der Waals surface area contributed by atoms with Crippen LogP contribution >= 0.6 is 15.9 Å². The molecule has 0 bridgehead atoms. The van der Waals surface area contributed by atoms with Gasteiger partial charge in [-0.2, -0.15) is 0 Å². The minimum Gasteiger partial charge on any atom is -0.459 e. The van der Waals surface area contributed by atoms with E-state index in [0.717, 1.165) is 16.5 Å². The molecule has 3 atom stereocenters.